The number of nitrogens with zero attached hydrogens (tertiary/aromatic N) is 1. The van der Waals surface area contributed by atoms with Crippen LogP contribution in [0.2, 0.25) is 0 Å². The highest BCUT2D eigenvalue weighted by molar-refractivity contribution is 7.81. The Bertz CT molecular complexity index is 459. The van der Waals surface area contributed by atoms with Crippen LogP contribution in [0.3, 0.4) is 0 Å². The van der Waals surface area contributed by atoms with Gasteiger partial charge in [-0.05, 0) is 25.1 Å². The Kier molecular flexibility index (Phi) is 3.58. The zero-order valence-corrected chi connectivity index (χ0v) is 11.1. The Morgan fingerprint density at radius 3 is 2.88 bits per heavy atom. The quantitative estimate of drug-likeness (QED) is 0.822. The molecule has 0 bridgehead atoms. The molecule has 1 aromatic rings. The summed E-state index contributed by atoms with van der Waals surface area (Å²) in [5.74, 6) is 0.568. The molecule has 0 amide bonds. The maximum Gasteiger partial charge on any atom is 0.163 e. The van der Waals surface area contributed by atoms with Crippen LogP contribution >= 0.6 is 35.8 Å². The first-order valence-electron chi connectivity index (χ1n) is 5.00. The number of nitrogen functional groups attached to an aromatic ring is 1. The zero-order chi connectivity index (χ0) is 11.7. The molecule has 0 aromatic carbocycles. The number of ether oxygens (including phenoxy) is 1. The minimum Gasteiger partial charge on any atom is -0.389 e. The third kappa shape index (κ3) is 2.27. The van der Waals surface area contributed by atoms with Gasteiger partial charge in [-0.1, -0.05) is 12.2 Å². The van der Waals surface area contributed by atoms with E-state index in [0.717, 1.165) is 19.4 Å². The van der Waals surface area contributed by atoms with E-state index in [2.05, 4.69) is 0 Å². The number of hydrogen-bond donors (Lipinski definition) is 2. The Balaban J connectivity index is 2.26. The number of thiocarbonyl (C=S) groups is 1. The van der Waals surface area contributed by atoms with E-state index in [1.807, 2.05) is 4.57 Å². The van der Waals surface area contributed by atoms with Gasteiger partial charge in [-0.15, -0.1) is 11.3 Å². The van der Waals surface area contributed by atoms with Crippen LogP contribution in [0, 0.1) is 3.95 Å². The van der Waals surface area contributed by atoms with Crippen molar-refractivity contribution in [2.45, 2.75) is 25.5 Å². The summed E-state index contributed by atoms with van der Waals surface area (Å²) in [6.07, 6.45) is 2.37. The molecule has 0 spiro atoms. The lowest BCUT2D eigenvalue weighted by Gasteiger charge is -2.11. The molecule has 1 saturated heterocycles. The van der Waals surface area contributed by atoms with Crippen molar-refractivity contribution in [3.05, 3.63) is 8.83 Å². The molecular weight excluding hydrogens is 262 g/mol. The van der Waals surface area contributed by atoms with Crippen molar-refractivity contribution in [3.63, 3.8) is 0 Å². The number of rotatable bonds is 3. The van der Waals surface area contributed by atoms with Crippen LogP contribution in [-0.2, 0) is 11.3 Å². The summed E-state index contributed by atoms with van der Waals surface area (Å²) in [5.41, 5.74) is 11.5. The van der Waals surface area contributed by atoms with Crippen molar-refractivity contribution in [3.8, 4) is 0 Å². The molecule has 0 unspecified atom stereocenters. The molecule has 1 aliphatic heterocycles. The van der Waals surface area contributed by atoms with E-state index in [-0.39, 0.29) is 6.10 Å². The van der Waals surface area contributed by atoms with Gasteiger partial charge in [0.05, 0.1) is 12.6 Å². The monoisotopic (exact) mass is 275 g/mol. The molecule has 2 heterocycles. The number of anilines is 1. The first-order chi connectivity index (χ1) is 7.59. The van der Waals surface area contributed by atoms with Crippen LogP contribution in [0.5, 0.6) is 0 Å². The third-order valence-corrected chi connectivity index (χ3v) is 4.40. The fourth-order valence-corrected chi connectivity index (χ4v) is 3.18. The molecule has 2 rings (SSSR count). The van der Waals surface area contributed by atoms with E-state index in [9.17, 15) is 0 Å². The molecule has 1 atom stereocenters. The summed E-state index contributed by atoms with van der Waals surface area (Å²) in [4.78, 5) is 1.01. The molecule has 0 aliphatic carbocycles. The Morgan fingerprint density at radius 2 is 2.38 bits per heavy atom. The average molecular weight is 275 g/mol. The Hall–Kier alpha value is -0.500. The van der Waals surface area contributed by atoms with E-state index in [4.69, 9.17) is 40.6 Å². The second kappa shape index (κ2) is 4.79. The van der Waals surface area contributed by atoms with E-state index in [1.165, 1.54) is 11.3 Å². The minimum absolute atomic E-state index is 0.211. The predicted octanol–water partition coefficient (Wildman–Crippen LogP) is 1.67. The smallest absolute Gasteiger partial charge is 0.163 e. The van der Waals surface area contributed by atoms with Gasteiger partial charge < -0.3 is 20.8 Å². The van der Waals surface area contributed by atoms with E-state index in [0.29, 0.717) is 26.2 Å². The van der Waals surface area contributed by atoms with Crippen molar-refractivity contribution < 1.29 is 4.74 Å². The standard InChI is InChI=1S/C9H13N3OS3/c10-7-6(8(11)14)16-9(15)12(7)4-5-2-1-3-13-5/h5H,1-4,10H2,(H2,11,14)/t5-/m0/s1. The molecule has 0 saturated carbocycles. The third-order valence-electron chi connectivity index (χ3n) is 2.57. The van der Waals surface area contributed by atoms with E-state index < -0.39 is 0 Å². The van der Waals surface area contributed by atoms with Crippen LogP contribution in [0.15, 0.2) is 0 Å². The van der Waals surface area contributed by atoms with Gasteiger partial charge in [-0.25, -0.2) is 0 Å². The van der Waals surface area contributed by atoms with Crippen molar-refractivity contribution >= 4 is 46.6 Å². The molecular formula is C9H13N3OS3. The van der Waals surface area contributed by atoms with Gasteiger partial charge in [0.25, 0.3) is 0 Å². The van der Waals surface area contributed by atoms with Gasteiger partial charge in [-0.2, -0.15) is 0 Å². The lowest BCUT2D eigenvalue weighted by molar-refractivity contribution is 0.0974. The van der Waals surface area contributed by atoms with Crippen molar-refractivity contribution in [1.29, 1.82) is 0 Å². The molecule has 1 fully saturated rings. The molecule has 16 heavy (non-hydrogen) atoms. The minimum atomic E-state index is 0.211. The van der Waals surface area contributed by atoms with Gasteiger partial charge >= 0.3 is 0 Å². The summed E-state index contributed by atoms with van der Waals surface area (Å²) in [6, 6.07) is 0. The number of nitrogens with two attached hydrogens (primary N) is 2. The van der Waals surface area contributed by atoms with Gasteiger partial charge in [-0.3, -0.25) is 0 Å². The topological polar surface area (TPSA) is 66.2 Å². The Labute approximate surface area is 108 Å². The maximum atomic E-state index is 5.97. The molecule has 1 aromatic heterocycles. The van der Waals surface area contributed by atoms with Crippen LogP contribution in [0.4, 0.5) is 5.82 Å². The highest BCUT2D eigenvalue weighted by Crippen LogP contribution is 2.24. The summed E-state index contributed by atoms with van der Waals surface area (Å²) in [6.45, 7) is 1.52. The molecule has 0 radical (unpaired) electrons. The summed E-state index contributed by atoms with van der Waals surface area (Å²) in [5, 5.41) is 0. The van der Waals surface area contributed by atoms with Crippen molar-refractivity contribution in [2.75, 3.05) is 12.3 Å². The maximum absolute atomic E-state index is 5.97. The number of aromatic nitrogens is 1. The normalized spacial score (nSPS) is 20.1. The number of thiazole rings is 1. The lowest BCUT2D eigenvalue weighted by atomic mass is 10.2. The second-order valence-corrected chi connectivity index (χ2v) is 5.78. The highest BCUT2D eigenvalue weighted by Gasteiger charge is 2.19. The lowest BCUT2D eigenvalue weighted by Crippen LogP contribution is -2.18. The number of hydrogen-bond acceptors (Lipinski definition) is 5. The predicted molar refractivity (Wildman–Crippen MR) is 72.4 cm³/mol. The fraction of sp³-hybridized carbons (Fsp3) is 0.556. The van der Waals surface area contributed by atoms with Crippen LogP contribution in [0.25, 0.3) is 0 Å². The SMILES string of the molecule is NC(=S)c1sc(=S)n(C[C@@H]2CCCO2)c1N. The second-order valence-electron chi connectivity index (χ2n) is 3.69. The van der Waals surface area contributed by atoms with E-state index >= 15 is 0 Å². The zero-order valence-electron chi connectivity index (χ0n) is 8.64. The Morgan fingerprint density at radius 1 is 1.62 bits per heavy atom. The van der Waals surface area contributed by atoms with Crippen molar-refractivity contribution in [1.82, 2.24) is 4.57 Å². The van der Waals surface area contributed by atoms with Gasteiger partial charge in [0.1, 0.15) is 15.7 Å². The van der Waals surface area contributed by atoms with Gasteiger partial charge in [0, 0.05) is 6.61 Å². The van der Waals surface area contributed by atoms with Gasteiger partial charge in [0.2, 0.25) is 0 Å². The van der Waals surface area contributed by atoms with Crippen LogP contribution in [0.1, 0.15) is 17.7 Å². The first kappa shape index (κ1) is 12.0. The molecule has 4 nitrogen and oxygen atoms in total. The summed E-state index contributed by atoms with van der Waals surface area (Å²) in [7, 11) is 0. The molecule has 7 heteroatoms. The molecule has 1 aliphatic rings. The summed E-state index contributed by atoms with van der Waals surface area (Å²) < 4.78 is 8.12. The molecule has 88 valence electrons. The summed E-state index contributed by atoms with van der Waals surface area (Å²) >= 11 is 11.5. The molecule has 4 N–H and O–H groups in total. The first-order valence-corrected chi connectivity index (χ1v) is 6.63. The van der Waals surface area contributed by atoms with E-state index in [1.54, 1.807) is 0 Å². The van der Waals surface area contributed by atoms with Crippen LogP contribution in [-0.4, -0.2) is 22.3 Å². The highest BCUT2D eigenvalue weighted by atomic mass is 32.1. The largest absolute Gasteiger partial charge is 0.389 e. The van der Waals surface area contributed by atoms with Crippen LogP contribution < -0.4 is 11.5 Å². The van der Waals surface area contributed by atoms with Crippen molar-refractivity contribution in [2.24, 2.45) is 5.73 Å². The average Bonchev–Trinajstić information content (AvgIpc) is 2.81. The fourth-order valence-electron chi connectivity index (χ4n) is 1.76. The van der Waals surface area contributed by atoms with Gasteiger partial charge in [0.15, 0.2) is 3.95 Å².